The number of hydrogen-bond acceptors (Lipinski definition) is 6. The van der Waals surface area contributed by atoms with Crippen molar-refractivity contribution in [3.63, 3.8) is 0 Å². The quantitative estimate of drug-likeness (QED) is 0.149. The zero-order valence-corrected chi connectivity index (χ0v) is 27.9. The number of halogens is 12. The fourth-order valence-corrected chi connectivity index (χ4v) is 5.65. The van der Waals surface area contributed by atoms with E-state index in [1.165, 1.54) is 13.8 Å². The van der Waals surface area contributed by atoms with Crippen LogP contribution >= 0.6 is 0 Å². The molecular weight excluding hydrogens is 708 g/mol. The highest BCUT2D eigenvalue weighted by molar-refractivity contribution is 5.78. The van der Waals surface area contributed by atoms with Crippen molar-refractivity contribution < 1.29 is 82.0 Å². The van der Waals surface area contributed by atoms with Crippen molar-refractivity contribution in [2.75, 3.05) is 0 Å². The van der Waals surface area contributed by atoms with Crippen molar-refractivity contribution in [2.45, 2.75) is 122 Å². The van der Waals surface area contributed by atoms with E-state index in [2.05, 4.69) is 0 Å². The molecule has 0 aliphatic heterocycles. The molecule has 2 aliphatic rings. The van der Waals surface area contributed by atoms with E-state index in [0.717, 1.165) is 18.2 Å². The van der Waals surface area contributed by atoms with Gasteiger partial charge in [0.15, 0.2) is 0 Å². The Morgan fingerprint density at radius 3 is 1.54 bits per heavy atom. The molecule has 2 aliphatic carbocycles. The Morgan fingerprint density at radius 1 is 0.680 bits per heavy atom. The number of aliphatic hydroxyl groups is 2. The molecule has 0 aromatic heterocycles. The van der Waals surface area contributed by atoms with E-state index >= 15 is 0 Å². The number of rotatable bonds is 9. The first-order valence-corrected chi connectivity index (χ1v) is 15.5. The Balaban J connectivity index is 0.000000348. The predicted molar refractivity (Wildman–Crippen MR) is 152 cm³/mol. The molecule has 18 heteroatoms. The number of alkyl halides is 12. The average Bonchev–Trinajstić information content (AvgIpc) is 3.55. The minimum atomic E-state index is -6.06. The summed E-state index contributed by atoms with van der Waals surface area (Å²) in [5.74, 6) is -3.99. The summed E-state index contributed by atoms with van der Waals surface area (Å²) in [7, 11) is 0. The predicted octanol–water partition coefficient (Wildman–Crippen LogP) is 8.97. The van der Waals surface area contributed by atoms with Gasteiger partial charge < -0.3 is 19.7 Å². The third-order valence-electron chi connectivity index (χ3n) is 9.87. The summed E-state index contributed by atoms with van der Waals surface area (Å²) < 4.78 is 165. The van der Waals surface area contributed by atoms with Crippen LogP contribution in [-0.2, 0) is 19.9 Å². The van der Waals surface area contributed by atoms with Crippen molar-refractivity contribution in [3.8, 4) is 5.75 Å². The smallest absolute Gasteiger partial charge is 0.430 e. The highest BCUT2D eigenvalue weighted by Gasteiger charge is 2.73. The molecule has 1 aromatic rings. The molecule has 4 unspecified atom stereocenters. The van der Waals surface area contributed by atoms with Crippen LogP contribution < -0.4 is 4.74 Å². The summed E-state index contributed by atoms with van der Waals surface area (Å²) in [6, 6.07) is 3.16. The molecule has 0 amide bonds. The summed E-state index contributed by atoms with van der Waals surface area (Å²) in [5.41, 5.74) is -13.3. The third-order valence-corrected chi connectivity index (χ3v) is 9.87. The molecule has 0 radical (unpaired) electrons. The number of fused-ring (bicyclic) bond motifs is 2. The summed E-state index contributed by atoms with van der Waals surface area (Å²) >= 11 is 0. The van der Waals surface area contributed by atoms with E-state index in [4.69, 9.17) is 9.47 Å². The lowest BCUT2D eigenvalue weighted by Gasteiger charge is -2.37. The van der Waals surface area contributed by atoms with Crippen LogP contribution in [0.25, 0.3) is 0 Å². The number of hydrogen-bond donors (Lipinski definition) is 2. The molecule has 50 heavy (non-hydrogen) atoms. The molecule has 1 aromatic carbocycles. The van der Waals surface area contributed by atoms with Gasteiger partial charge in [-0.3, -0.25) is 9.59 Å². The van der Waals surface area contributed by atoms with Gasteiger partial charge in [-0.15, -0.1) is 0 Å². The largest absolute Gasteiger partial charge is 0.462 e. The zero-order chi connectivity index (χ0) is 39.1. The van der Waals surface area contributed by atoms with E-state index in [-0.39, 0.29) is 25.2 Å². The average molecular weight is 749 g/mol. The molecular formula is C32H40F12O6. The normalized spacial score (nSPS) is 22.2. The monoisotopic (exact) mass is 748 g/mol. The molecule has 0 saturated heterocycles. The molecule has 4 atom stereocenters. The van der Waals surface area contributed by atoms with Crippen molar-refractivity contribution in [3.05, 3.63) is 29.8 Å². The van der Waals surface area contributed by atoms with E-state index < -0.39 is 94.3 Å². The minimum Gasteiger partial charge on any atom is -0.462 e. The Hall–Kier alpha value is -2.76. The van der Waals surface area contributed by atoms with Gasteiger partial charge in [-0.2, -0.15) is 52.7 Å². The van der Waals surface area contributed by atoms with Crippen LogP contribution in [0.4, 0.5) is 52.7 Å². The van der Waals surface area contributed by atoms with Crippen molar-refractivity contribution in [2.24, 2.45) is 28.6 Å². The van der Waals surface area contributed by atoms with Gasteiger partial charge in [-0.05, 0) is 90.0 Å². The summed E-state index contributed by atoms with van der Waals surface area (Å²) in [4.78, 5) is 24.1. The van der Waals surface area contributed by atoms with Gasteiger partial charge >= 0.3 is 36.6 Å². The minimum absolute atomic E-state index is 0.0869. The number of carbonyl (C=O) groups is 2. The molecule has 2 bridgehead atoms. The van der Waals surface area contributed by atoms with Gasteiger partial charge in [-0.1, -0.05) is 32.0 Å². The summed E-state index contributed by atoms with van der Waals surface area (Å²) in [6.45, 7) is 9.73. The second-order valence-corrected chi connectivity index (χ2v) is 14.1. The molecule has 0 spiro atoms. The van der Waals surface area contributed by atoms with Crippen molar-refractivity contribution >= 4 is 11.9 Å². The van der Waals surface area contributed by atoms with Gasteiger partial charge in [0.25, 0.3) is 11.2 Å². The third kappa shape index (κ3) is 8.64. The van der Waals surface area contributed by atoms with Crippen LogP contribution in [0.2, 0.25) is 0 Å². The number of ether oxygens (including phenoxy) is 2. The van der Waals surface area contributed by atoms with E-state index in [1.54, 1.807) is 20.8 Å². The number of carbonyl (C=O) groups excluding carboxylic acids is 2. The number of esters is 2. The SMILES string of the molecule is CCC(C)(C)C(=O)OC1CC2CC1CC2CC(O)(C(F)(F)F)C(F)(F)F.CCC(C)(C)C(=O)Oc1ccccc1C(O)(C(F)(F)F)C(F)(F)F. The van der Waals surface area contributed by atoms with Crippen LogP contribution in [-0.4, -0.2) is 58.6 Å². The Labute approximate surface area is 280 Å². The first-order valence-electron chi connectivity index (χ1n) is 15.5. The maximum atomic E-state index is 13.0. The molecule has 288 valence electrons. The van der Waals surface area contributed by atoms with E-state index in [1.807, 2.05) is 6.92 Å². The summed E-state index contributed by atoms with van der Waals surface area (Å²) in [6.07, 6.45) is -24.0. The number of benzene rings is 1. The molecule has 0 heterocycles. The Kier molecular flexibility index (Phi) is 12.4. The Morgan fingerprint density at radius 2 is 1.14 bits per heavy atom. The van der Waals surface area contributed by atoms with Gasteiger partial charge in [0, 0.05) is 5.56 Å². The maximum Gasteiger partial charge on any atom is 0.430 e. The fourth-order valence-electron chi connectivity index (χ4n) is 5.65. The van der Waals surface area contributed by atoms with Gasteiger partial charge in [0.05, 0.1) is 10.8 Å². The number of para-hydroxylation sites is 1. The standard InChI is InChI=1S/C17H24F6O3.C15H16F6O3/c1-4-14(2,3)13(24)26-12-7-9-5-10(12)6-11(9)8-15(25,16(18,19)20)17(21,22)23;1-4-12(2,3)11(22)24-10-8-6-5-7-9(10)13(23,14(16,17)18)15(19,20)21/h9-12,25H,4-8H2,1-3H3;5-8,23H,4H2,1-3H3. The zero-order valence-electron chi connectivity index (χ0n) is 27.9. The lowest BCUT2D eigenvalue weighted by atomic mass is 9.78. The maximum absolute atomic E-state index is 13.0. The topological polar surface area (TPSA) is 93.1 Å². The van der Waals surface area contributed by atoms with Gasteiger partial charge in [0.2, 0.25) is 0 Å². The van der Waals surface area contributed by atoms with Crippen LogP contribution in [0.1, 0.15) is 85.6 Å². The van der Waals surface area contributed by atoms with Crippen LogP contribution in [0, 0.1) is 28.6 Å². The molecule has 3 rings (SSSR count). The van der Waals surface area contributed by atoms with Crippen molar-refractivity contribution in [1.29, 1.82) is 0 Å². The lowest BCUT2D eigenvalue weighted by Crippen LogP contribution is -2.58. The molecule has 2 N–H and O–H groups in total. The molecule has 6 nitrogen and oxygen atoms in total. The second kappa shape index (κ2) is 14.3. The highest BCUT2D eigenvalue weighted by atomic mass is 19.4. The van der Waals surface area contributed by atoms with Crippen LogP contribution in [0.5, 0.6) is 5.75 Å². The lowest BCUT2D eigenvalue weighted by molar-refractivity contribution is -0.376. The first kappa shape index (κ1) is 43.4. The molecule has 2 saturated carbocycles. The second-order valence-electron chi connectivity index (χ2n) is 14.1. The van der Waals surface area contributed by atoms with Crippen LogP contribution in [0.3, 0.4) is 0 Å². The Bertz CT molecular complexity index is 1320. The van der Waals surface area contributed by atoms with Crippen molar-refractivity contribution in [1.82, 2.24) is 0 Å². The van der Waals surface area contributed by atoms with E-state index in [9.17, 15) is 72.5 Å². The van der Waals surface area contributed by atoms with Gasteiger partial charge in [0.1, 0.15) is 11.9 Å². The van der Waals surface area contributed by atoms with E-state index in [0.29, 0.717) is 18.9 Å². The fraction of sp³-hybridized carbons (Fsp3) is 0.750. The van der Waals surface area contributed by atoms with Crippen LogP contribution in [0.15, 0.2) is 24.3 Å². The highest BCUT2D eigenvalue weighted by Crippen LogP contribution is 2.56. The van der Waals surface area contributed by atoms with Gasteiger partial charge in [-0.25, -0.2) is 0 Å². The molecule has 2 fully saturated rings. The summed E-state index contributed by atoms with van der Waals surface area (Å²) in [5, 5.41) is 18.9. The first-order chi connectivity index (χ1) is 22.3.